The van der Waals surface area contributed by atoms with Crippen LogP contribution in [0.5, 0.6) is 5.75 Å². The molecule has 1 aliphatic carbocycles. The fourth-order valence-electron chi connectivity index (χ4n) is 6.58. The highest BCUT2D eigenvalue weighted by molar-refractivity contribution is 7.80. The second-order valence-electron chi connectivity index (χ2n) is 11.3. The van der Waals surface area contributed by atoms with Crippen molar-refractivity contribution in [3.8, 4) is 5.75 Å². The van der Waals surface area contributed by atoms with Gasteiger partial charge in [0.05, 0.1) is 37.1 Å². The summed E-state index contributed by atoms with van der Waals surface area (Å²) in [5.41, 5.74) is 5.93. The maximum Gasteiger partial charge on any atom is 0.174 e. The van der Waals surface area contributed by atoms with Crippen LogP contribution in [0.4, 0.5) is 5.69 Å². The Morgan fingerprint density at radius 1 is 1.02 bits per heavy atom. The minimum absolute atomic E-state index is 0.0109. The first kappa shape index (κ1) is 27.2. The number of hydrogen-bond donors (Lipinski definition) is 1. The van der Waals surface area contributed by atoms with Crippen molar-refractivity contribution in [1.82, 2.24) is 19.8 Å². The second-order valence-corrected chi connectivity index (χ2v) is 11.7. The van der Waals surface area contributed by atoms with Crippen LogP contribution >= 0.6 is 12.2 Å². The number of aryl methyl sites for hydroxylation is 1. The number of morpholine rings is 1. The normalized spacial score (nSPS) is 22.1. The Bertz CT molecular complexity index is 1280. The number of nitrogens with one attached hydrogen (secondary N) is 1. The minimum Gasteiger partial charge on any atom is -0.490 e. The summed E-state index contributed by atoms with van der Waals surface area (Å²) in [5.74, 6) is 0.935. The van der Waals surface area contributed by atoms with E-state index in [1.54, 1.807) is 0 Å². The van der Waals surface area contributed by atoms with Crippen LogP contribution in [0.1, 0.15) is 66.8 Å². The molecule has 7 nitrogen and oxygen atoms in total. The highest BCUT2D eigenvalue weighted by atomic mass is 32.1. The van der Waals surface area contributed by atoms with Crippen molar-refractivity contribution >= 4 is 23.0 Å². The summed E-state index contributed by atoms with van der Waals surface area (Å²) in [6.45, 7) is 10.3. The lowest BCUT2D eigenvalue weighted by atomic mass is 9.96. The summed E-state index contributed by atoms with van der Waals surface area (Å²) in [7, 11) is 0. The first-order valence-corrected chi connectivity index (χ1v) is 15.2. The summed E-state index contributed by atoms with van der Waals surface area (Å²) in [6, 6.07) is 16.9. The van der Waals surface area contributed by atoms with Gasteiger partial charge < -0.3 is 24.3 Å². The number of hydrogen-bond acceptors (Lipinski definition) is 5. The fourth-order valence-corrected chi connectivity index (χ4v) is 6.93. The molecule has 2 saturated heterocycles. The number of ether oxygens (including phenoxy) is 2. The number of pyridine rings is 1. The van der Waals surface area contributed by atoms with Gasteiger partial charge in [-0.3, -0.25) is 9.88 Å². The zero-order valence-corrected chi connectivity index (χ0v) is 24.5. The van der Waals surface area contributed by atoms with E-state index in [1.807, 2.05) is 12.3 Å². The van der Waals surface area contributed by atoms with E-state index >= 15 is 0 Å². The highest BCUT2D eigenvalue weighted by Gasteiger charge is 2.42. The maximum absolute atomic E-state index is 6.25. The topological polar surface area (TPSA) is 54.8 Å². The highest BCUT2D eigenvalue weighted by Crippen LogP contribution is 2.43. The molecule has 2 aromatic heterocycles. The predicted molar refractivity (Wildman–Crippen MR) is 163 cm³/mol. The molecule has 212 valence electrons. The zero-order chi connectivity index (χ0) is 27.5. The van der Waals surface area contributed by atoms with E-state index in [0.29, 0.717) is 6.10 Å². The summed E-state index contributed by atoms with van der Waals surface area (Å²) in [5, 5.41) is 4.34. The Hall–Kier alpha value is -2.94. The monoisotopic (exact) mass is 559 g/mol. The molecule has 1 saturated carbocycles. The van der Waals surface area contributed by atoms with Gasteiger partial charge in [-0.1, -0.05) is 6.07 Å². The zero-order valence-electron chi connectivity index (χ0n) is 23.7. The smallest absolute Gasteiger partial charge is 0.174 e. The lowest BCUT2D eigenvalue weighted by molar-refractivity contribution is 0.0369. The predicted octanol–water partition coefficient (Wildman–Crippen LogP) is 5.72. The van der Waals surface area contributed by atoms with E-state index in [4.69, 9.17) is 26.7 Å². The Balaban J connectivity index is 1.28. The van der Waals surface area contributed by atoms with Crippen LogP contribution in [0, 0.1) is 13.8 Å². The van der Waals surface area contributed by atoms with Crippen LogP contribution in [0.15, 0.2) is 54.7 Å². The van der Waals surface area contributed by atoms with Crippen LogP contribution in [0.3, 0.4) is 0 Å². The van der Waals surface area contributed by atoms with Crippen LogP contribution in [-0.2, 0) is 11.3 Å². The molecule has 0 amide bonds. The number of aromatic nitrogens is 2. The first-order valence-electron chi connectivity index (χ1n) is 14.8. The van der Waals surface area contributed by atoms with Crippen LogP contribution < -0.4 is 15.0 Å². The van der Waals surface area contributed by atoms with Crippen molar-refractivity contribution in [2.24, 2.45) is 0 Å². The van der Waals surface area contributed by atoms with Crippen LogP contribution in [-0.4, -0.2) is 58.5 Å². The van der Waals surface area contributed by atoms with Gasteiger partial charge >= 0.3 is 0 Å². The van der Waals surface area contributed by atoms with E-state index in [-0.39, 0.29) is 12.1 Å². The van der Waals surface area contributed by atoms with E-state index in [9.17, 15) is 0 Å². The number of thiocarbonyl (C=S) groups is 1. The van der Waals surface area contributed by atoms with Crippen molar-refractivity contribution in [3.05, 3.63) is 77.4 Å². The third-order valence-corrected chi connectivity index (χ3v) is 9.02. The molecule has 0 spiro atoms. The van der Waals surface area contributed by atoms with E-state index in [0.717, 1.165) is 80.9 Å². The van der Waals surface area contributed by atoms with Gasteiger partial charge in [-0.25, -0.2) is 0 Å². The number of benzene rings is 1. The first-order chi connectivity index (χ1) is 19.6. The van der Waals surface area contributed by atoms with E-state index < -0.39 is 0 Å². The molecule has 0 bridgehead atoms. The molecule has 2 atom stereocenters. The lowest BCUT2D eigenvalue weighted by Crippen LogP contribution is -2.37. The average molecular weight is 560 g/mol. The standard InChI is InChI=1S/C32H41N5O2S/c1-23-22-28(24(2)36(23)17-7-16-35-18-20-38-21-19-35)31-30(29-10-5-6-15-33-29)34-32(40)37(31)25-11-13-27(14-12-25)39-26-8-3-4-9-26/h5-6,10-15,22,26,30-31H,3-4,7-9,16-21H2,1-2H3,(H,34,40)/t30-,31+/m0/s1. The molecule has 4 heterocycles. The molecule has 8 heteroatoms. The molecule has 1 N–H and O–H groups in total. The van der Waals surface area contributed by atoms with Crippen LogP contribution in [0.2, 0.25) is 0 Å². The van der Waals surface area contributed by atoms with Gasteiger partial charge in [-0.15, -0.1) is 0 Å². The third kappa shape index (κ3) is 5.76. The molecule has 3 fully saturated rings. The third-order valence-electron chi connectivity index (χ3n) is 8.71. The number of nitrogens with zero attached hydrogens (tertiary/aromatic N) is 4. The molecule has 0 radical (unpaired) electrons. The van der Waals surface area contributed by atoms with Gasteiger partial charge in [0.25, 0.3) is 0 Å². The molecule has 0 unspecified atom stereocenters. The summed E-state index contributed by atoms with van der Waals surface area (Å²) in [4.78, 5) is 9.52. The Morgan fingerprint density at radius 2 is 1.80 bits per heavy atom. The van der Waals surface area contributed by atoms with E-state index in [1.165, 1.54) is 29.8 Å². The van der Waals surface area contributed by atoms with Gasteiger partial charge in [-0.2, -0.15) is 0 Å². The lowest BCUT2D eigenvalue weighted by Gasteiger charge is -2.28. The Morgan fingerprint density at radius 3 is 2.52 bits per heavy atom. The van der Waals surface area contributed by atoms with Gasteiger partial charge in [0.1, 0.15) is 5.75 Å². The Labute approximate surface area is 243 Å². The van der Waals surface area contributed by atoms with Crippen LogP contribution in [0.25, 0.3) is 0 Å². The molecule has 3 aliphatic rings. The largest absolute Gasteiger partial charge is 0.490 e. The average Bonchev–Trinajstić information content (AvgIpc) is 3.69. The summed E-state index contributed by atoms with van der Waals surface area (Å²) < 4.78 is 14.2. The van der Waals surface area contributed by atoms with E-state index in [2.05, 4.69) is 76.0 Å². The molecule has 6 rings (SSSR count). The van der Waals surface area contributed by atoms with Crippen molar-refractivity contribution < 1.29 is 9.47 Å². The van der Waals surface area contributed by atoms with Gasteiger partial charge in [0.15, 0.2) is 5.11 Å². The quantitative estimate of drug-likeness (QED) is 0.337. The second kappa shape index (κ2) is 12.3. The van der Waals surface area contributed by atoms with Gasteiger partial charge in [0.2, 0.25) is 0 Å². The summed E-state index contributed by atoms with van der Waals surface area (Å²) in [6.07, 6.45) is 8.15. The minimum atomic E-state index is -0.0505. The SMILES string of the molecule is Cc1cc([C@@H]2[C@H](c3ccccn3)NC(=S)N2c2ccc(OC3CCCC3)cc2)c(C)n1CCCN1CCOCC1. The van der Waals surface area contributed by atoms with Crippen molar-refractivity contribution in [2.45, 2.75) is 70.7 Å². The summed E-state index contributed by atoms with van der Waals surface area (Å²) >= 11 is 5.98. The molecule has 40 heavy (non-hydrogen) atoms. The number of anilines is 1. The fraction of sp³-hybridized carbons (Fsp3) is 0.500. The van der Waals surface area contributed by atoms with Gasteiger partial charge in [0, 0.05) is 49.5 Å². The molecule has 1 aromatic carbocycles. The van der Waals surface area contributed by atoms with Crippen molar-refractivity contribution in [1.29, 1.82) is 0 Å². The Kier molecular flexibility index (Phi) is 8.37. The number of rotatable bonds is 9. The molecule has 2 aliphatic heterocycles. The van der Waals surface area contributed by atoms with Crippen molar-refractivity contribution in [2.75, 3.05) is 37.7 Å². The molecular formula is C32H41N5O2S. The van der Waals surface area contributed by atoms with Gasteiger partial charge in [-0.05, 0) is 106 Å². The molecule has 3 aromatic rings. The molecular weight excluding hydrogens is 518 g/mol. The maximum atomic E-state index is 6.25. The van der Waals surface area contributed by atoms with Crippen molar-refractivity contribution in [3.63, 3.8) is 0 Å².